The summed E-state index contributed by atoms with van der Waals surface area (Å²) in [5.74, 6) is 2.13. The Morgan fingerprint density at radius 1 is 0.828 bits per heavy atom. The molecule has 0 amide bonds. The molecular formula is C22H26N6S. The normalized spacial score (nSPS) is 17.8. The first kappa shape index (κ1) is 18.5. The predicted octanol–water partition coefficient (Wildman–Crippen LogP) is 3.52. The highest BCUT2D eigenvalue weighted by Gasteiger charge is 2.21. The lowest BCUT2D eigenvalue weighted by Gasteiger charge is -2.35. The van der Waals surface area contributed by atoms with Gasteiger partial charge in [-0.2, -0.15) is 0 Å². The first-order chi connectivity index (χ1) is 14.3. The number of anilines is 2. The maximum Gasteiger partial charge on any atom is 0.134 e. The van der Waals surface area contributed by atoms with E-state index in [9.17, 15) is 0 Å². The molecule has 2 aliphatic rings. The summed E-state index contributed by atoms with van der Waals surface area (Å²) in [5.41, 5.74) is 2.37. The Balaban J connectivity index is 1.18. The smallest absolute Gasteiger partial charge is 0.134 e. The van der Waals surface area contributed by atoms with Gasteiger partial charge in [0.2, 0.25) is 0 Å². The molecule has 150 valence electrons. The molecule has 0 atom stereocenters. The van der Waals surface area contributed by atoms with Crippen molar-refractivity contribution < 1.29 is 0 Å². The lowest BCUT2D eigenvalue weighted by atomic mass is 10.2. The van der Waals surface area contributed by atoms with Crippen LogP contribution in [0.3, 0.4) is 0 Å². The Bertz CT molecular complexity index is 929. The van der Waals surface area contributed by atoms with E-state index in [-0.39, 0.29) is 0 Å². The third-order valence-electron chi connectivity index (χ3n) is 5.72. The summed E-state index contributed by atoms with van der Waals surface area (Å²) in [7, 11) is 0. The minimum Gasteiger partial charge on any atom is -0.356 e. The fourth-order valence-electron chi connectivity index (χ4n) is 4.09. The van der Waals surface area contributed by atoms with Gasteiger partial charge in [0.05, 0.1) is 5.69 Å². The molecule has 0 N–H and O–H groups in total. The molecule has 4 heterocycles. The Morgan fingerprint density at radius 2 is 1.52 bits per heavy atom. The Morgan fingerprint density at radius 3 is 2.24 bits per heavy atom. The van der Waals surface area contributed by atoms with Gasteiger partial charge < -0.3 is 9.80 Å². The minimum atomic E-state index is 0.917. The summed E-state index contributed by atoms with van der Waals surface area (Å²) in [6.07, 6.45) is 4.25. The SMILES string of the molecule is c1ccc(-c2nc(CN3CCN(c4cc(N5CCCC5)ncn4)CC3)cs2)cc1. The number of piperazine rings is 1. The van der Waals surface area contributed by atoms with Crippen LogP contribution in [0, 0.1) is 0 Å². The van der Waals surface area contributed by atoms with Crippen LogP contribution in [-0.2, 0) is 6.54 Å². The van der Waals surface area contributed by atoms with E-state index in [2.05, 4.69) is 60.4 Å². The quantitative estimate of drug-likeness (QED) is 0.646. The molecule has 6 nitrogen and oxygen atoms in total. The van der Waals surface area contributed by atoms with Gasteiger partial charge in [0.25, 0.3) is 0 Å². The maximum absolute atomic E-state index is 4.84. The number of rotatable bonds is 5. The van der Waals surface area contributed by atoms with Gasteiger partial charge in [-0.25, -0.2) is 15.0 Å². The van der Waals surface area contributed by atoms with Crippen LogP contribution in [-0.4, -0.2) is 59.1 Å². The van der Waals surface area contributed by atoms with E-state index in [1.54, 1.807) is 17.7 Å². The van der Waals surface area contributed by atoms with Crippen LogP contribution in [0.1, 0.15) is 18.5 Å². The van der Waals surface area contributed by atoms with Gasteiger partial charge in [0.1, 0.15) is 23.0 Å². The molecule has 0 spiro atoms. The monoisotopic (exact) mass is 406 g/mol. The second-order valence-corrected chi connectivity index (χ2v) is 8.56. The zero-order valence-electron chi connectivity index (χ0n) is 16.6. The van der Waals surface area contributed by atoms with Crippen molar-refractivity contribution in [3.8, 4) is 10.6 Å². The number of hydrogen-bond donors (Lipinski definition) is 0. The molecule has 5 rings (SSSR count). The Labute approximate surface area is 175 Å². The van der Waals surface area contributed by atoms with E-state index < -0.39 is 0 Å². The molecular weight excluding hydrogens is 380 g/mol. The van der Waals surface area contributed by atoms with Crippen LogP contribution in [0.5, 0.6) is 0 Å². The van der Waals surface area contributed by atoms with Crippen LogP contribution in [0.4, 0.5) is 11.6 Å². The van der Waals surface area contributed by atoms with Crippen molar-refractivity contribution >= 4 is 23.0 Å². The number of benzene rings is 1. The number of thiazole rings is 1. The lowest BCUT2D eigenvalue weighted by molar-refractivity contribution is 0.247. The summed E-state index contributed by atoms with van der Waals surface area (Å²) in [4.78, 5) is 21.1. The van der Waals surface area contributed by atoms with Crippen LogP contribution in [0.15, 0.2) is 48.1 Å². The largest absolute Gasteiger partial charge is 0.356 e. The molecule has 7 heteroatoms. The minimum absolute atomic E-state index is 0.917. The third kappa shape index (κ3) is 4.26. The number of hydrogen-bond acceptors (Lipinski definition) is 7. The van der Waals surface area contributed by atoms with Gasteiger partial charge >= 0.3 is 0 Å². The maximum atomic E-state index is 4.84. The van der Waals surface area contributed by atoms with Crippen molar-refractivity contribution in [3.05, 3.63) is 53.8 Å². The van der Waals surface area contributed by atoms with Crippen molar-refractivity contribution in [2.45, 2.75) is 19.4 Å². The van der Waals surface area contributed by atoms with Crippen molar-refractivity contribution in [2.75, 3.05) is 49.1 Å². The summed E-state index contributed by atoms with van der Waals surface area (Å²) in [5, 5.41) is 3.30. The highest BCUT2D eigenvalue weighted by atomic mass is 32.1. The standard InChI is InChI=1S/C22H26N6S/c1-2-6-18(7-3-1)22-25-19(16-29-22)15-26-10-12-28(13-11-26)21-14-20(23-17-24-21)27-8-4-5-9-27/h1-3,6-7,14,16-17H,4-5,8-13,15H2. The molecule has 0 saturated carbocycles. The molecule has 2 aliphatic heterocycles. The number of aromatic nitrogens is 3. The zero-order chi connectivity index (χ0) is 19.5. The summed E-state index contributed by atoms with van der Waals surface area (Å²) < 4.78 is 0. The highest BCUT2D eigenvalue weighted by Crippen LogP contribution is 2.25. The van der Waals surface area contributed by atoms with E-state index >= 15 is 0 Å². The van der Waals surface area contributed by atoms with Crippen LogP contribution >= 0.6 is 11.3 Å². The molecule has 2 saturated heterocycles. The van der Waals surface area contributed by atoms with E-state index in [0.717, 1.165) is 62.5 Å². The second-order valence-electron chi connectivity index (χ2n) is 7.70. The molecule has 0 aliphatic carbocycles. The molecule has 3 aromatic rings. The molecule has 0 bridgehead atoms. The summed E-state index contributed by atoms with van der Waals surface area (Å²) >= 11 is 1.73. The van der Waals surface area contributed by atoms with Gasteiger partial charge in [-0.15, -0.1) is 11.3 Å². The summed E-state index contributed by atoms with van der Waals surface area (Å²) in [6.45, 7) is 7.19. The van der Waals surface area contributed by atoms with Crippen LogP contribution in [0.25, 0.3) is 10.6 Å². The van der Waals surface area contributed by atoms with E-state index in [0.29, 0.717) is 0 Å². The van der Waals surface area contributed by atoms with Gasteiger partial charge in [-0.3, -0.25) is 4.90 Å². The highest BCUT2D eigenvalue weighted by molar-refractivity contribution is 7.13. The molecule has 2 fully saturated rings. The van der Waals surface area contributed by atoms with Gasteiger partial charge in [-0.05, 0) is 12.8 Å². The summed E-state index contributed by atoms with van der Waals surface area (Å²) in [6, 6.07) is 12.6. The Hall–Kier alpha value is -2.51. The third-order valence-corrected chi connectivity index (χ3v) is 6.66. The van der Waals surface area contributed by atoms with Gasteiger partial charge in [0.15, 0.2) is 0 Å². The molecule has 0 radical (unpaired) electrons. The first-order valence-corrected chi connectivity index (χ1v) is 11.3. The fraction of sp³-hybridized carbons (Fsp3) is 0.409. The van der Waals surface area contributed by atoms with Crippen molar-refractivity contribution in [2.24, 2.45) is 0 Å². The van der Waals surface area contributed by atoms with Crippen molar-refractivity contribution in [3.63, 3.8) is 0 Å². The Kier molecular flexibility index (Phi) is 5.41. The second kappa shape index (κ2) is 8.47. The topological polar surface area (TPSA) is 48.4 Å². The van der Waals surface area contributed by atoms with Crippen LogP contribution < -0.4 is 9.80 Å². The van der Waals surface area contributed by atoms with Gasteiger partial charge in [-0.1, -0.05) is 30.3 Å². The molecule has 29 heavy (non-hydrogen) atoms. The van der Waals surface area contributed by atoms with Crippen molar-refractivity contribution in [1.29, 1.82) is 0 Å². The van der Waals surface area contributed by atoms with Crippen molar-refractivity contribution in [1.82, 2.24) is 19.9 Å². The first-order valence-electron chi connectivity index (χ1n) is 10.4. The van der Waals surface area contributed by atoms with Gasteiger partial charge in [0, 0.05) is 62.8 Å². The van der Waals surface area contributed by atoms with E-state index in [1.165, 1.54) is 24.1 Å². The number of nitrogens with zero attached hydrogens (tertiary/aromatic N) is 6. The molecule has 1 aromatic carbocycles. The molecule has 0 unspecified atom stereocenters. The zero-order valence-corrected chi connectivity index (χ0v) is 17.4. The average molecular weight is 407 g/mol. The fourth-order valence-corrected chi connectivity index (χ4v) is 4.90. The van der Waals surface area contributed by atoms with E-state index in [4.69, 9.17) is 4.98 Å². The van der Waals surface area contributed by atoms with E-state index in [1.807, 2.05) is 6.07 Å². The van der Waals surface area contributed by atoms with Crippen LogP contribution in [0.2, 0.25) is 0 Å². The predicted molar refractivity (Wildman–Crippen MR) is 119 cm³/mol. The molecule has 2 aromatic heterocycles. The lowest BCUT2D eigenvalue weighted by Crippen LogP contribution is -2.46. The average Bonchev–Trinajstić information content (AvgIpc) is 3.48.